The number of para-hydroxylation sites is 2. The van der Waals surface area contributed by atoms with Crippen molar-refractivity contribution >= 4 is 33.2 Å². The first kappa shape index (κ1) is 15.5. The van der Waals surface area contributed by atoms with Gasteiger partial charge in [0.15, 0.2) is 0 Å². The van der Waals surface area contributed by atoms with Crippen molar-refractivity contribution in [3.8, 4) is 0 Å². The molecule has 0 radical (unpaired) electrons. The third kappa shape index (κ3) is 2.26. The first-order valence-corrected chi connectivity index (χ1v) is 9.67. The summed E-state index contributed by atoms with van der Waals surface area (Å²) in [4.78, 5) is 8.18. The third-order valence-corrected chi connectivity index (χ3v) is 5.88. The molecule has 0 unspecified atom stereocenters. The molecule has 28 heavy (non-hydrogen) atoms. The molecule has 2 aromatic heterocycles. The van der Waals surface area contributed by atoms with Crippen LogP contribution < -0.4 is 5.32 Å². The maximum Gasteiger partial charge on any atom is 0.0939 e. The number of fused-ring (bicyclic) bond motifs is 5. The summed E-state index contributed by atoms with van der Waals surface area (Å²) in [7, 11) is 0. The average Bonchev–Trinajstić information content (AvgIpc) is 3.09. The monoisotopic (exact) mass is 361 g/mol. The number of aromatic nitrogens is 2. The number of nitrogens with zero attached hydrogens (tertiary/aromatic N) is 1. The van der Waals surface area contributed by atoms with E-state index in [0.29, 0.717) is 0 Å². The van der Waals surface area contributed by atoms with E-state index in [4.69, 9.17) is 4.98 Å². The Labute approximate surface area is 163 Å². The van der Waals surface area contributed by atoms with E-state index in [1.165, 1.54) is 33.3 Å². The molecule has 0 aliphatic carbocycles. The molecule has 0 saturated heterocycles. The zero-order valence-corrected chi connectivity index (χ0v) is 15.3. The molecule has 6 rings (SSSR count). The highest BCUT2D eigenvalue weighted by atomic mass is 14.9. The number of rotatable bonds is 1. The van der Waals surface area contributed by atoms with Crippen LogP contribution in [0.3, 0.4) is 0 Å². The Kier molecular flexibility index (Phi) is 3.29. The molecule has 3 heterocycles. The van der Waals surface area contributed by atoms with E-state index in [9.17, 15) is 0 Å². The number of pyridine rings is 1. The van der Waals surface area contributed by atoms with Gasteiger partial charge in [-0.05, 0) is 41.3 Å². The van der Waals surface area contributed by atoms with E-state index in [0.717, 1.165) is 23.0 Å². The van der Waals surface area contributed by atoms with Gasteiger partial charge < -0.3 is 10.3 Å². The molecule has 0 fully saturated rings. The van der Waals surface area contributed by atoms with Gasteiger partial charge in [0.1, 0.15) is 0 Å². The first-order valence-electron chi connectivity index (χ1n) is 9.67. The molecule has 3 heteroatoms. The molecule has 1 atom stereocenters. The predicted molar refractivity (Wildman–Crippen MR) is 115 cm³/mol. The van der Waals surface area contributed by atoms with Gasteiger partial charge in [-0.15, -0.1) is 0 Å². The summed E-state index contributed by atoms with van der Waals surface area (Å²) in [6.45, 7) is 0. The normalized spacial score (nSPS) is 15.6. The maximum absolute atomic E-state index is 4.72. The lowest BCUT2D eigenvalue weighted by Crippen LogP contribution is -2.04. The first-order chi connectivity index (χ1) is 13.9. The van der Waals surface area contributed by atoms with Crippen molar-refractivity contribution in [1.82, 2.24) is 9.97 Å². The van der Waals surface area contributed by atoms with Crippen molar-refractivity contribution in [1.29, 1.82) is 0 Å². The van der Waals surface area contributed by atoms with Crippen molar-refractivity contribution in [2.75, 3.05) is 5.32 Å². The van der Waals surface area contributed by atoms with Crippen LogP contribution in [0, 0.1) is 0 Å². The van der Waals surface area contributed by atoms with Gasteiger partial charge in [-0.2, -0.15) is 0 Å². The Bertz CT molecular complexity index is 1330. The fourth-order valence-corrected chi connectivity index (χ4v) is 4.53. The van der Waals surface area contributed by atoms with E-state index in [2.05, 4.69) is 83.2 Å². The van der Waals surface area contributed by atoms with Crippen molar-refractivity contribution in [2.24, 2.45) is 0 Å². The zero-order valence-electron chi connectivity index (χ0n) is 15.3. The minimum atomic E-state index is 0.258. The van der Waals surface area contributed by atoms with Crippen LogP contribution in [0.5, 0.6) is 0 Å². The van der Waals surface area contributed by atoms with Crippen LogP contribution in [-0.2, 0) is 6.42 Å². The molecule has 0 spiro atoms. The lowest BCUT2D eigenvalue weighted by Gasteiger charge is -2.18. The van der Waals surface area contributed by atoms with Gasteiger partial charge in [0, 0.05) is 40.3 Å². The van der Waals surface area contributed by atoms with E-state index in [1.807, 2.05) is 12.3 Å². The standard InChI is InChI=1S/C25H19N3/c1-3-9-22-17(6-1)14-20(21-15-27-23-10-4-2-8-18(21)23)19-12-11-16-7-5-13-26-24(16)25(19)28-22/h1-13,15,20,27-28H,14H2/t20-/m0/s1. The quantitative estimate of drug-likeness (QED) is 0.376. The SMILES string of the molecule is c1ccc2c(c1)C[C@H](c1c[nH]c3ccccc13)c1ccc3cccnc3c1N2. The largest absolute Gasteiger partial charge is 0.361 e. The molecule has 1 aliphatic heterocycles. The zero-order chi connectivity index (χ0) is 18.5. The second kappa shape index (κ2) is 5.96. The Morgan fingerprint density at radius 2 is 1.71 bits per heavy atom. The minimum absolute atomic E-state index is 0.258. The molecule has 5 aromatic rings. The Morgan fingerprint density at radius 1 is 0.821 bits per heavy atom. The van der Waals surface area contributed by atoms with E-state index < -0.39 is 0 Å². The van der Waals surface area contributed by atoms with Crippen molar-refractivity contribution in [3.63, 3.8) is 0 Å². The number of anilines is 2. The van der Waals surface area contributed by atoms with Crippen LogP contribution in [0.2, 0.25) is 0 Å². The summed E-state index contributed by atoms with van der Waals surface area (Å²) in [6.07, 6.45) is 5.01. The van der Waals surface area contributed by atoms with Crippen LogP contribution >= 0.6 is 0 Å². The van der Waals surface area contributed by atoms with E-state index in [1.54, 1.807) is 0 Å². The topological polar surface area (TPSA) is 40.7 Å². The van der Waals surface area contributed by atoms with Crippen LogP contribution in [0.4, 0.5) is 11.4 Å². The number of H-pyrrole nitrogens is 1. The number of benzene rings is 3. The summed E-state index contributed by atoms with van der Waals surface area (Å²) < 4.78 is 0. The molecule has 134 valence electrons. The number of aromatic amines is 1. The van der Waals surface area contributed by atoms with Crippen molar-refractivity contribution < 1.29 is 0 Å². The van der Waals surface area contributed by atoms with Gasteiger partial charge in [0.05, 0.1) is 11.2 Å². The highest BCUT2D eigenvalue weighted by molar-refractivity contribution is 5.96. The fourth-order valence-electron chi connectivity index (χ4n) is 4.53. The molecule has 2 N–H and O–H groups in total. The second-order valence-corrected chi connectivity index (χ2v) is 7.43. The Balaban J connectivity index is 1.66. The van der Waals surface area contributed by atoms with Crippen LogP contribution in [0.1, 0.15) is 22.6 Å². The summed E-state index contributed by atoms with van der Waals surface area (Å²) in [6, 6.07) is 25.8. The molecule has 0 saturated carbocycles. The second-order valence-electron chi connectivity index (χ2n) is 7.43. The number of hydrogen-bond donors (Lipinski definition) is 2. The Morgan fingerprint density at radius 3 is 2.71 bits per heavy atom. The molecule has 1 aliphatic rings. The molecule has 3 aromatic carbocycles. The minimum Gasteiger partial charge on any atom is -0.361 e. The lowest BCUT2D eigenvalue weighted by molar-refractivity contribution is 0.823. The highest BCUT2D eigenvalue weighted by Gasteiger charge is 2.26. The Hall–Kier alpha value is -3.59. The van der Waals surface area contributed by atoms with Crippen LogP contribution in [-0.4, -0.2) is 9.97 Å². The number of hydrogen-bond acceptors (Lipinski definition) is 2. The van der Waals surface area contributed by atoms with Gasteiger partial charge in [0.25, 0.3) is 0 Å². The maximum atomic E-state index is 4.72. The fraction of sp³-hybridized carbons (Fsp3) is 0.0800. The molecule has 0 bridgehead atoms. The lowest BCUT2D eigenvalue weighted by atomic mass is 9.85. The summed E-state index contributed by atoms with van der Waals surface area (Å²) in [5, 5.41) is 6.16. The van der Waals surface area contributed by atoms with Gasteiger partial charge in [0.2, 0.25) is 0 Å². The molecular formula is C25H19N3. The van der Waals surface area contributed by atoms with Gasteiger partial charge in [-0.25, -0.2) is 0 Å². The predicted octanol–water partition coefficient (Wildman–Crippen LogP) is 6.15. The van der Waals surface area contributed by atoms with E-state index in [-0.39, 0.29) is 5.92 Å². The summed E-state index contributed by atoms with van der Waals surface area (Å²) >= 11 is 0. The average molecular weight is 361 g/mol. The van der Waals surface area contributed by atoms with Crippen LogP contribution in [0.15, 0.2) is 85.2 Å². The van der Waals surface area contributed by atoms with Crippen molar-refractivity contribution in [3.05, 3.63) is 102 Å². The van der Waals surface area contributed by atoms with E-state index >= 15 is 0 Å². The summed E-state index contributed by atoms with van der Waals surface area (Å²) in [5.41, 5.74) is 8.48. The van der Waals surface area contributed by atoms with Gasteiger partial charge in [-0.1, -0.05) is 54.6 Å². The smallest absolute Gasteiger partial charge is 0.0939 e. The number of nitrogens with one attached hydrogen (secondary N) is 2. The van der Waals surface area contributed by atoms with Gasteiger partial charge >= 0.3 is 0 Å². The highest BCUT2D eigenvalue weighted by Crippen LogP contribution is 2.44. The third-order valence-electron chi connectivity index (χ3n) is 5.88. The molecule has 0 amide bonds. The summed E-state index contributed by atoms with van der Waals surface area (Å²) in [5.74, 6) is 0.258. The molecule has 3 nitrogen and oxygen atoms in total. The molecular weight excluding hydrogens is 342 g/mol. The van der Waals surface area contributed by atoms with Crippen LogP contribution in [0.25, 0.3) is 21.8 Å². The van der Waals surface area contributed by atoms with Crippen molar-refractivity contribution in [2.45, 2.75) is 12.3 Å². The van der Waals surface area contributed by atoms with Gasteiger partial charge in [-0.3, -0.25) is 4.98 Å².